The quantitative estimate of drug-likeness (QED) is 0.339. The van der Waals surface area contributed by atoms with Crippen LogP contribution in [0.4, 0.5) is 0 Å². The Morgan fingerprint density at radius 1 is 1.05 bits per heavy atom. The summed E-state index contributed by atoms with van der Waals surface area (Å²) in [6.45, 7) is 7.69. The van der Waals surface area contributed by atoms with Gasteiger partial charge in [0.2, 0.25) is 0 Å². The van der Waals surface area contributed by atoms with Gasteiger partial charge in [0.1, 0.15) is 5.75 Å². The second-order valence-corrected chi connectivity index (χ2v) is 6.20. The van der Waals surface area contributed by atoms with Crippen molar-refractivity contribution in [2.45, 2.75) is 39.5 Å². The Kier molecular flexibility index (Phi) is 12.6. The van der Waals surface area contributed by atoms with E-state index in [1.807, 2.05) is 45.9 Å². The zero-order valence-electron chi connectivity index (χ0n) is 13.7. The molecule has 0 radical (unpaired) electrons. The molecule has 0 aliphatic rings. The van der Waals surface area contributed by atoms with Gasteiger partial charge in [0.25, 0.3) is 0 Å². The summed E-state index contributed by atoms with van der Waals surface area (Å²) >= 11 is 0. The van der Waals surface area contributed by atoms with Crippen LogP contribution in [0.25, 0.3) is 0 Å². The Morgan fingerprint density at radius 3 is 1.81 bits per heavy atom. The molecular weight excluding hydrogens is 313 g/mol. The summed E-state index contributed by atoms with van der Waals surface area (Å²) in [5, 5.41) is 0. The smallest absolute Gasteiger partial charge is 0.466 e. The number of rotatable bonds is 6. The maximum Gasteiger partial charge on any atom is 1.00 e. The molecule has 0 saturated carbocycles. The van der Waals surface area contributed by atoms with E-state index in [9.17, 15) is 4.57 Å². The fraction of sp³-hybridized carbons (Fsp3) is 0.538. The molecule has 1 aromatic rings. The Morgan fingerprint density at radius 2 is 1.48 bits per heavy atom. The van der Waals surface area contributed by atoms with Crippen molar-refractivity contribution in [3.8, 4) is 5.75 Å². The van der Waals surface area contributed by atoms with E-state index < -0.39 is 14.6 Å². The third-order valence-electron chi connectivity index (χ3n) is 2.74. The molecule has 5 nitrogen and oxygen atoms in total. The van der Waals surface area contributed by atoms with Crippen LogP contribution in [0.2, 0.25) is 0 Å². The summed E-state index contributed by atoms with van der Waals surface area (Å²) in [4.78, 5) is 17.3. The topological polar surface area (TPSA) is 76.0 Å². The maximum absolute atomic E-state index is 10.7. The van der Waals surface area contributed by atoms with Gasteiger partial charge in [-0.25, -0.2) is 9.09 Å². The molecule has 21 heavy (non-hydrogen) atoms. The van der Waals surface area contributed by atoms with Gasteiger partial charge < -0.3 is 14.5 Å². The van der Waals surface area contributed by atoms with E-state index in [0.717, 1.165) is 11.1 Å². The van der Waals surface area contributed by atoms with Crippen LogP contribution in [0.3, 0.4) is 0 Å². The number of phosphoric ester groups is 1. The van der Waals surface area contributed by atoms with E-state index in [0.29, 0.717) is 5.75 Å². The predicted octanol–water partition coefficient (Wildman–Crippen LogP) is -2.61. The summed E-state index contributed by atoms with van der Waals surface area (Å²) in [6, 6.07) is 5.86. The number of hydrogen-bond donors (Lipinski definition) is 2. The molecule has 0 saturated heterocycles. The van der Waals surface area contributed by atoms with Crippen LogP contribution in [0, 0.1) is 0 Å². The molecule has 0 unspecified atom stereocenters. The molecule has 0 atom stereocenters. The third-order valence-corrected chi connectivity index (χ3v) is 3.19. The van der Waals surface area contributed by atoms with Gasteiger partial charge in [-0.15, -0.1) is 0 Å². The van der Waals surface area contributed by atoms with Crippen LogP contribution in [0.15, 0.2) is 18.2 Å². The van der Waals surface area contributed by atoms with Gasteiger partial charge in [-0.1, -0.05) is 45.9 Å². The maximum atomic E-state index is 10.7. The van der Waals surface area contributed by atoms with E-state index in [1.54, 1.807) is 0 Å². The fourth-order valence-electron chi connectivity index (χ4n) is 1.80. The van der Waals surface area contributed by atoms with Crippen LogP contribution >= 0.6 is 7.82 Å². The van der Waals surface area contributed by atoms with Gasteiger partial charge in [-0.3, -0.25) is 0 Å². The second kappa shape index (κ2) is 10.8. The molecule has 0 aliphatic carbocycles. The van der Waals surface area contributed by atoms with Crippen LogP contribution in [-0.2, 0) is 9.09 Å². The number of phosphoric acid groups is 1. The first-order valence-electron chi connectivity index (χ1n) is 6.18. The van der Waals surface area contributed by atoms with Gasteiger partial charge in [-0.05, 0) is 23.0 Å². The number of ether oxygens (including phenoxy) is 1. The first kappa shape index (κ1) is 24.4. The SMILES string of the molecule is CC(C)c1cccc(C(C)C)c1OCOP(=O)(O)O.[Na+].[Na+]. The largest absolute Gasteiger partial charge is 1.00 e. The molecule has 108 valence electrons. The fourth-order valence-corrected chi connectivity index (χ4v) is 1.99. The summed E-state index contributed by atoms with van der Waals surface area (Å²) in [5.41, 5.74) is 2.00. The Balaban J connectivity index is 0. The van der Waals surface area contributed by atoms with Crippen molar-refractivity contribution >= 4 is 7.82 Å². The average molecular weight is 334 g/mol. The molecule has 0 aromatic heterocycles. The second-order valence-electron chi connectivity index (χ2n) is 4.96. The Hall–Kier alpha value is 1.13. The molecule has 0 heterocycles. The van der Waals surface area contributed by atoms with Crippen molar-refractivity contribution in [2.75, 3.05) is 6.79 Å². The zero-order valence-corrected chi connectivity index (χ0v) is 18.6. The molecule has 0 spiro atoms. The van der Waals surface area contributed by atoms with Crippen LogP contribution in [-0.4, -0.2) is 16.6 Å². The first-order chi connectivity index (χ1) is 8.72. The average Bonchev–Trinajstić information content (AvgIpc) is 2.26. The van der Waals surface area contributed by atoms with Crippen molar-refractivity contribution in [1.29, 1.82) is 0 Å². The minimum absolute atomic E-state index is 0. The van der Waals surface area contributed by atoms with Crippen LogP contribution in [0.5, 0.6) is 5.75 Å². The van der Waals surface area contributed by atoms with Gasteiger partial charge in [0, 0.05) is 0 Å². The predicted molar refractivity (Wildman–Crippen MR) is 73.2 cm³/mol. The Labute approximate surface area is 170 Å². The zero-order chi connectivity index (χ0) is 14.6. The summed E-state index contributed by atoms with van der Waals surface area (Å²) in [5.74, 6) is 1.16. The number of para-hydroxylation sites is 1. The monoisotopic (exact) mass is 334 g/mol. The van der Waals surface area contributed by atoms with Crippen molar-refractivity contribution in [3.63, 3.8) is 0 Å². The third kappa shape index (κ3) is 8.52. The van der Waals surface area contributed by atoms with Gasteiger partial charge in [0.05, 0.1) is 0 Å². The summed E-state index contributed by atoms with van der Waals surface area (Å²) in [7, 11) is -4.51. The summed E-state index contributed by atoms with van der Waals surface area (Å²) in [6.07, 6.45) is 0. The van der Waals surface area contributed by atoms with Crippen molar-refractivity contribution < 1.29 is 82.7 Å². The molecule has 0 aliphatic heterocycles. The molecule has 0 fully saturated rings. The van der Waals surface area contributed by atoms with Crippen molar-refractivity contribution in [2.24, 2.45) is 0 Å². The van der Waals surface area contributed by atoms with E-state index in [4.69, 9.17) is 14.5 Å². The minimum atomic E-state index is -4.51. The Bertz CT molecular complexity index is 447. The molecular formula is C13H21Na2O5P+2. The number of benzene rings is 1. The minimum Gasteiger partial charge on any atom is -0.466 e. The normalized spacial score (nSPS) is 11.0. The van der Waals surface area contributed by atoms with E-state index in [2.05, 4.69) is 4.52 Å². The van der Waals surface area contributed by atoms with E-state index >= 15 is 0 Å². The van der Waals surface area contributed by atoms with Crippen molar-refractivity contribution in [3.05, 3.63) is 29.3 Å². The van der Waals surface area contributed by atoms with Gasteiger partial charge in [0.15, 0.2) is 6.79 Å². The van der Waals surface area contributed by atoms with Crippen molar-refractivity contribution in [1.82, 2.24) is 0 Å². The molecule has 0 amide bonds. The first-order valence-corrected chi connectivity index (χ1v) is 7.71. The molecule has 8 heteroatoms. The molecule has 1 aromatic carbocycles. The van der Waals surface area contributed by atoms with Gasteiger partial charge >= 0.3 is 66.9 Å². The molecule has 0 bridgehead atoms. The standard InChI is InChI=1S/C13H21O5P.2Na/c1-9(2)11-6-5-7-12(10(3)4)13(11)17-8-18-19(14,15)16;;/h5-7,9-10H,8H2,1-4H3,(H2,14,15,16);;/q;2*+1. The molecule has 1 rings (SSSR count). The number of hydrogen-bond acceptors (Lipinski definition) is 3. The van der Waals surface area contributed by atoms with E-state index in [-0.39, 0.29) is 71.0 Å². The van der Waals surface area contributed by atoms with Crippen LogP contribution < -0.4 is 63.9 Å². The van der Waals surface area contributed by atoms with E-state index in [1.165, 1.54) is 0 Å². The van der Waals surface area contributed by atoms with Crippen LogP contribution in [0.1, 0.15) is 50.7 Å². The van der Waals surface area contributed by atoms with Gasteiger partial charge in [-0.2, -0.15) is 0 Å². The molecule has 2 N–H and O–H groups in total. The summed E-state index contributed by atoms with van der Waals surface area (Å²) < 4.78 is 20.5.